The van der Waals surface area contributed by atoms with E-state index in [-0.39, 0.29) is 0 Å². The summed E-state index contributed by atoms with van der Waals surface area (Å²) >= 11 is 3.45. The van der Waals surface area contributed by atoms with E-state index < -0.39 is 0 Å². The van der Waals surface area contributed by atoms with Gasteiger partial charge in [-0.05, 0) is 34.5 Å². The van der Waals surface area contributed by atoms with Crippen molar-refractivity contribution in [3.05, 3.63) is 34.1 Å². The fourth-order valence-corrected chi connectivity index (χ4v) is 2.09. The number of benzene rings is 1. The Morgan fingerprint density at radius 3 is 3.14 bits per heavy atom. The number of fused-ring (bicyclic) bond motifs is 3. The molecule has 1 aliphatic heterocycles. The lowest BCUT2D eigenvalue weighted by atomic mass is 10.0. The molecule has 5 heteroatoms. The minimum Gasteiger partial charge on any atom is -0.197 e. The maximum Gasteiger partial charge on any atom is 0.157 e. The molecule has 1 aromatic heterocycles. The van der Waals surface area contributed by atoms with Crippen molar-refractivity contribution in [2.75, 3.05) is 0 Å². The highest BCUT2D eigenvalue weighted by atomic mass is 79.9. The average Bonchev–Trinajstić information content (AvgIpc) is 2.65. The first-order valence-electron chi connectivity index (χ1n) is 4.40. The second-order valence-electron chi connectivity index (χ2n) is 3.28. The topological polar surface area (TPSA) is 43.6 Å². The first-order chi connectivity index (χ1) is 6.84. The molecule has 0 unspecified atom stereocenters. The van der Waals surface area contributed by atoms with Gasteiger partial charge in [0, 0.05) is 10.9 Å². The number of rotatable bonds is 0. The molecule has 1 aromatic carbocycles. The fraction of sp³-hybridized carbons (Fsp3) is 0.222. The van der Waals surface area contributed by atoms with Crippen molar-refractivity contribution in [3.8, 4) is 5.69 Å². The van der Waals surface area contributed by atoms with Gasteiger partial charge in [-0.1, -0.05) is 22.0 Å². The molecule has 0 aliphatic carbocycles. The van der Waals surface area contributed by atoms with E-state index in [4.69, 9.17) is 0 Å². The minimum atomic E-state index is 0.918. The van der Waals surface area contributed by atoms with Gasteiger partial charge in [-0.15, -0.1) is 5.10 Å². The van der Waals surface area contributed by atoms with E-state index in [2.05, 4.69) is 37.5 Å². The molecule has 2 aromatic rings. The first-order valence-corrected chi connectivity index (χ1v) is 5.20. The molecule has 0 saturated carbocycles. The van der Waals surface area contributed by atoms with E-state index in [9.17, 15) is 0 Å². The monoisotopic (exact) mass is 250 g/mol. The summed E-state index contributed by atoms with van der Waals surface area (Å²) in [4.78, 5) is 0. The van der Waals surface area contributed by atoms with Crippen LogP contribution in [0.3, 0.4) is 0 Å². The molecular formula is C9H7BrN4. The highest BCUT2D eigenvalue weighted by Gasteiger charge is 2.17. The Morgan fingerprint density at radius 2 is 2.21 bits per heavy atom. The van der Waals surface area contributed by atoms with Gasteiger partial charge in [0.05, 0.1) is 5.69 Å². The Morgan fingerprint density at radius 1 is 1.29 bits per heavy atom. The van der Waals surface area contributed by atoms with Gasteiger partial charge in [0.25, 0.3) is 0 Å². The van der Waals surface area contributed by atoms with Crippen LogP contribution in [0.2, 0.25) is 0 Å². The van der Waals surface area contributed by atoms with Crippen molar-refractivity contribution in [2.24, 2.45) is 0 Å². The van der Waals surface area contributed by atoms with Gasteiger partial charge in [0.15, 0.2) is 5.82 Å². The maximum absolute atomic E-state index is 3.97. The largest absolute Gasteiger partial charge is 0.197 e. The molecular weight excluding hydrogens is 244 g/mol. The molecule has 0 radical (unpaired) electrons. The van der Waals surface area contributed by atoms with Crippen molar-refractivity contribution < 1.29 is 0 Å². The van der Waals surface area contributed by atoms with Crippen molar-refractivity contribution in [1.82, 2.24) is 20.2 Å². The summed E-state index contributed by atoms with van der Waals surface area (Å²) in [6, 6.07) is 6.21. The van der Waals surface area contributed by atoms with Crippen LogP contribution in [-0.4, -0.2) is 20.2 Å². The number of aryl methyl sites for hydroxylation is 2. The van der Waals surface area contributed by atoms with Crippen LogP contribution in [0, 0.1) is 0 Å². The summed E-state index contributed by atoms with van der Waals surface area (Å²) in [5, 5.41) is 11.6. The van der Waals surface area contributed by atoms with Crippen LogP contribution >= 0.6 is 15.9 Å². The average molecular weight is 251 g/mol. The predicted molar refractivity (Wildman–Crippen MR) is 54.3 cm³/mol. The van der Waals surface area contributed by atoms with Gasteiger partial charge in [0.2, 0.25) is 0 Å². The highest BCUT2D eigenvalue weighted by Crippen LogP contribution is 2.25. The van der Waals surface area contributed by atoms with E-state index >= 15 is 0 Å². The second kappa shape index (κ2) is 2.88. The summed E-state index contributed by atoms with van der Waals surface area (Å²) in [7, 11) is 0. The molecule has 70 valence electrons. The third-order valence-corrected chi connectivity index (χ3v) is 2.92. The quantitative estimate of drug-likeness (QED) is 0.713. The molecule has 0 N–H and O–H groups in total. The number of tetrazole rings is 1. The summed E-state index contributed by atoms with van der Waals surface area (Å²) in [6.45, 7) is 0. The molecule has 0 bridgehead atoms. The van der Waals surface area contributed by atoms with E-state index in [1.165, 1.54) is 5.56 Å². The molecule has 0 fully saturated rings. The lowest BCUT2D eigenvalue weighted by molar-refractivity contribution is 0.711. The zero-order chi connectivity index (χ0) is 9.54. The SMILES string of the molecule is Brc1ccc2c(c1)-n1nnnc1CC2. The van der Waals surface area contributed by atoms with Gasteiger partial charge < -0.3 is 0 Å². The number of hydrogen-bond acceptors (Lipinski definition) is 3. The van der Waals surface area contributed by atoms with E-state index in [0.29, 0.717) is 0 Å². The Hall–Kier alpha value is -1.23. The van der Waals surface area contributed by atoms with Gasteiger partial charge in [-0.25, -0.2) is 0 Å². The Labute approximate surface area is 89.1 Å². The Bertz CT molecular complexity index is 491. The minimum absolute atomic E-state index is 0.918. The molecule has 0 spiro atoms. The molecule has 1 aliphatic rings. The van der Waals surface area contributed by atoms with Crippen LogP contribution in [0.15, 0.2) is 22.7 Å². The van der Waals surface area contributed by atoms with Gasteiger partial charge in [-0.3, -0.25) is 0 Å². The third kappa shape index (κ3) is 1.09. The smallest absolute Gasteiger partial charge is 0.157 e. The van der Waals surface area contributed by atoms with Crippen molar-refractivity contribution in [1.29, 1.82) is 0 Å². The predicted octanol–water partition coefficient (Wildman–Crippen LogP) is 1.52. The molecule has 14 heavy (non-hydrogen) atoms. The summed E-state index contributed by atoms with van der Waals surface area (Å²) < 4.78 is 2.86. The van der Waals surface area contributed by atoms with Crippen LogP contribution < -0.4 is 0 Å². The third-order valence-electron chi connectivity index (χ3n) is 2.43. The van der Waals surface area contributed by atoms with Crippen LogP contribution in [0.4, 0.5) is 0 Å². The van der Waals surface area contributed by atoms with Crippen molar-refractivity contribution >= 4 is 15.9 Å². The Balaban J connectivity index is 2.28. The fourth-order valence-electron chi connectivity index (χ4n) is 1.74. The molecule has 0 amide bonds. The number of halogens is 1. The molecule has 0 atom stereocenters. The number of hydrogen-bond donors (Lipinski definition) is 0. The normalized spacial score (nSPS) is 13.5. The molecule has 0 saturated heterocycles. The van der Waals surface area contributed by atoms with Crippen LogP contribution in [0.5, 0.6) is 0 Å². The summed E-state index contributed by atoms with van der Waals surface area (Å²) in [6.07, 6.45) is 1.94. The van der Waals surface area contributed by atoms with E-state index in [1.54, 1.807) is 0 Å². The maximum atomic E-state index is 3.97. The zero-order valence-electron chi connectivity index (χ0n) is 7.31. The standard InChI is InChI=1S/C9H7BrN4/c10-7-3-1-6-2-4-9-11-12-13-14(9)8(6)5-7/h1,3,5H,2,4H2. The summed E-state index contributed by atoms with van der Waals surface area (Å²) in [5.41, 5.74) is 2.39. The van der Waals surface area contributed by atoms with E-state index in [1.807, 2.05) is 16.8 Å². The number of nitrogens with zero attached hydrogens (tertiary/aromatic N) is 4. The molecule has 3 rings (SSSR count). The lowest BCUT2D eigenvalue weighted by Gasteiger charge is -2.15. The van der Waals surface area contributed by atoms with Crippen molar-refractivity contribution in [3.63, 3.8) is 0 Å². The van der Waals surface area contributed by atoms with Gasteiger partial charge >= 0.3 is 0 Å². The number of aromatic nitrogens is 4. The van der Waals surface area contributed by atoms with Crippen molar-refractivity contribution in [2.45, 2.75) is 12.8 Å². The first kappa shape index (κ1) is 8.11. The van der Waals surface area contributed by atoms with Gasteiger partial charge in [-0.2, -0.15) is 4.68 Å². The van der Waals surface area contributed by atoms with Crippen LogP contribution in [-0.2, 0) is 12.8 Å². The molecule has 2 heterocycles. The van der Waals surface area contributed by atoms with E-state index in [0.717, 1.165) is 28.8 Å². The molecule has 4 nitrogen and oxygen atoms in total. The van der Waals surface area contributed by atoms with Crippen LogP contribution in [0.25, 0.3) is 5.69 Å². The van der Waals surface area contributed by atoms with Crippen LogP contribution in [0.1, 0.15) is 11.4 Å². The van der Waals surface area contributed by atoms with Gasteiger partial charge in [0.1, 0.15) is 0 Å². The zero-order valence-corrected chi connectivity index (χ0v) is 8.90. The Kier molecular flexibility index (Phi) is 1.67. The highest BCUT2D eigenvalue weighted by molar-refractivity contribution is 9.10. The summed E-state index contributed by atoms with van der Waals surface area (Å²) in [5.74, 6) is 0.940. The second-order valence-corrected chi connectivity index (χ2v) is 4.20. The lowest BCUT2D eigenvalue weighted by Crippen LogP contribution is -2.13.